The van der Waals surface area contributed by atoms with Crippen LogP contribution >= 0.6 is 11.3 Å². The molecule has 1 aromatic carbocycles. The van der Waals surface area contributed by atoms with Crippen molar-refractivity contribution in [3.05, 3.63) is 64.7 Å². The Balaban J connectivity index is 1.69. The molecule has 2 N–H and O–H groups in total. The van der Waals surface area contributed by atoms with Crippen molar-refractivity contribution < 1.29 is 4.79 Å². The van der Waals surface area contributed by atoms with E-state index in [1.54, 1.807) is 17.4 Å². The van der Waals surface area contributed by atoms with Crippen LogP contribution in [-0.4, -0.2) is 21.8 Å². The Morgan fingerprint density at radius 3 is 2.74 bits per heavy atom. The Morgan fingerprint density at radius 2 is 2.04 bits per heavy atom. The zero-order valence-corrected chi connectivity index (χ0v) is 13.6. The largest absolute Gasteiger partial charge is 0.291 e. The number of hydrogen-bond acceptors (Lipinski definition) is 4. The quantitative estimate of drug-likeness (QED) is 0.568. The topological polar surface area (TPSA) is 70.1 Å². The number of hydrazone groups is 1. The van der Waals surface area contributed by atoms with Gasteiger partial charge in [0.05, 0.1) is 16.3 Å². The summed E-state index contributed by atoms with van der Waals surface area (Å²) in [5.41, 5.74) is 6.57. The predicted molar refractivity (Wildman–Crippen MR) is 92.8 cm³/mol. The van der Waals surface area contributed by atoms with Gasteiger partial charge >= 0.3 is 0 Å². The van der Waals surface area contributed by atoms with Crippen molar-refractivity contribution in [2.24, 2.45) is 5.10 Å². The maximum absolute atomic E-state index is 12.1. The molecule has 1 amide bonds. The number of aryl methyl sites for hydroxylation is 1. The fraction of sp³-hybridized carbons (Fsp3) is 0.118. The summed E-state index contributed by atoms with van der Waals surface area (Å²) in [6, 6.07) is 13.6. The molecule has 23 heavy (non-hydrogen) atoms. The van der Waals surface area contributed by atoms with Crippen molar-refractivity contribution in [2.75, 3.05) is 0 Å². The van der Waals surface area contributed by atoms with E-state index in [-0.39, 0.29) is 5.91 Å². The molecule has 0 aliphatic carbocycles. The lowest BCUT2D eigenvalue weighted by Crippen LogP contribution is -2.19. The van der Waals surface area contributed by atoms with E-state index in [1.807, 2.05) is 55.6 Å². The number of aromatic amines is 1. The highest BCUT2D eigenvalue weighted by atomic mass is 32.1. The molecule has 2 heterocycles. The summed E-state index contributed by atoms with van der Waals surface area (Å²) in [6.07, 6.45) is 0. The summed E-state index contributed by atoms with van der Waals surface area (Å²) >= 11 is 1.59. The van der Waals surface area contributed by atoms with Crippen LogP contribution in [0.3, 0.4) is 0 Å². The second-order valence-corrected chi connectivity index (χ2v) is 6.10. The normalized spacial score (nSPS) is 11.5. The van der Waals surface area contributed by atoms with Crippen molar-refractivity contribution in [1.29, 1.82) is 0 Å². The number of carbonyl (C=O) groups excluding carboxylic acids is 1. The Labute approximate surface area is 138 Å². The smallest absolute Gasteiger partial charge is 0.276 e. The molecule has 3 rings (SSSR count). The number of benzene rings is 1. The first-order valence-electron chi connectivity index (χ1n) is 7.14. The number of rotatable bonds is 4. The molecule has 6 heteroatoms. The number of nitrogens with one attached hydrogen (secondary N) is 2. The van der Waals surface area contributed by atoms with Gasteiger partial charge in [-0.2, -0.15) is 10.2 Å². The lowest BCUT2D eigenvalue weighted by atomic mass is 10.1. The van der Waals surface area contributed by atoms with Gasteiger partial charge in [-0.15, -0.1) is 11.3 Å². The number of aromatic nitrogens is 2. The van der Waals surface area contributed by atoms with Gasteiger partial charge < -0.3 is 0 Å². The molecule has 0 radical (unpaired) electrons. The van der Waals surface area contributed by atoms with Crippen LogP contribution < -0.4 is 5.43 Å². The Bertz CT molecular complexity index is 832. The van der Waals surface area contributed by atoms with Crippen LogP contribution in [-0.2, 0) is 0 Å². The molecule has 3 aromatic rings. The molecule has 0 bridgehead atoms. The molecular weight excluding hydrogens is 308 g/mol. The van der Waals surface area contributed by atoms with Gasteiger partial charge in [0.25, 0.3) is 5.91 Å². The molecule has 116 valence electrons. The second-order valence-electron chi connectivity index (χ2n) is 5.15. The number of amides is 1. The fourth-order valence-corrected chi connectivity index (χ4v) is 2.74. The SMILES string of the molecule is C/C(=N\NC(=O)c1cc(-c2cccs2)[nH]n1)c1ccc(C)cc1. The minimum atomic E-state index is -0.337. The van der Waals surface area contributed by atoms with E-state index in [1.165, 1.54) is 5.56 Å². The predicted octanol–water partition coefficient (Wildman–Crippen LogP) is 3.60. The summed E-state index contributed by atoms with van der Waals surface area (Å²) in [5, 5.41) is 13.0. The molecule has 5 nitrogen and oxygen atoms in total. The fourth-order valence-electron chi connectivity index (χ4n) is 2.05. The third kappa shape index (κ3) is 3.54. The highest BCUT2D eigenvalue weighted by Gasteiger charge is 2.11. The molecule has 0 unspecified atom stereocenters. The van der Waals surface area contributed by atoms with Gasteiger partial charge in [-0.3, -0.25) is 9.89 Å². The number of H-pyrrole nitrogens is 1. The van der Waals surface area contributed by atoms with E-state index >= 15 is 0 Å². The molecule has 0 saturated heterocycles. The van der Waals surface area contributed by atoms with Gasteiger partial charge in [-0.25, -0.2) is 5.43 Å². The first-order chi connectivity index (χ1) is 11.1. The van der Waals surface area contributed by atoms with Crippen LogP contribution in [0.15, 0.2) is 52.9 Å². The van der Waals surface area contributed by atoms with Crippen LogP contribution in [0.1, 0.15) is 28.5 Å². The summed E-state index contributed by atoms with van der Waals surface area (Å²) in [4.78, 5) is 13.2. The number of hydrogen-bond donors (Lipinski definition) is 2. The van der Waals surface area contributed by atoms with E-state index in [2.05, 4.69) is 20.7 Å². The Morgan fingerprint density at radius 1 is 1.26 bits per heavy atom. The summed E-state index contributed by atoms with van der Waals surface area (Å²) < 4.78 is 0. The molecule has 0 saturated carbocycles. The third-order valence-corrected chi connectivity index (χ3v) is 4.29. The Hall–Kier alpha value is -2.73. The van der Waals surface area contributed by atoms with E-state index < -0.39 is 0 Å². The van der Waals surface area contributed by atoms with Crippen LogP contribution in [0.4, 0.5) is 0 Å². The van der Waals surface area contributed by atoms with Gasteiger partial charge in [0.1, 0.15) is 0 Å². The van der Waals surface area contributed by atoms with Crippen LogP contribution in [0.25, 0.3) is 10.6 Å². The summed E-state index contributed by atoms with van der Waals surface area (Å²) in [6.45, 7) is 3.88. The molecule has 0 spiro atoms. The number of carbonyl (C=O) groups is 1. The molecular formula is C17H16N4OS. The van der Waals surface area contributed by atoms with Gasteiger partial charge in [-0.05, 0) is 36.9 Å². The van der Waals surface area contributed by atoms with Gasteiger partial charge in [0.15, 0.2) is 5.69 Å². The molecule has 2 aromatic heterocycles. The van der Waals surface area contributed by atoms with Crippen molar-refractivity contribution in [3.8, 4) is 10.6 Å². The van der Waals surface area contributed by atoms with Crippen molar-refractivity contribution in [1.82, 2.24) is 15.6 Å². The zero-order valence-electron chi connectivity index (χ0n) is 12.8. The minimum Gasteiger partial charge on any atom is -0.276 e. The number of nitrogens with zero attached hydrogens (tertiary/aromatic N) is 2. The first-order valence-corrected chi connectivity index (χ1v) is 8.02. The van der Waals surface area contributed by atoms with Crippen LogP contribution in [0, 0.1) is 6.92 Å². The maximum atomic E-state index is 12.1. The highest BCUT2D eigenvalue weighted by molar-refractivity contribution is 7.13. The van der Waals surface area contributed by atoms with E-state index in [9.17, 15) is 4.79 Å². The van der Waals surface area contributed by atoms with Crippen LogP contribution in [0.5, 0.6) is 0 Å². The Kier molecular flexibility index (Phi) is 4.34. The molecule has 0 atom stereocenters. The van der Waals surface area contributed by atoms with Crippen LogP contribution in [0.2, 0.25) is 0 Å². The zero-order chi connectivity index (χ0) is 16.2. The van der Waals surface area contributed by atoms with Crippen molar-refractivity contribution in [3.63, 3.8) is 0 Å². The maximum Gasteiger partial charge on any atom is 0.291 e. The summed E-state index contributed by atoms with van der Waals surface area (Å²) in [7, 11) is 0. The monoisotopic (exact) mass is 324 g/mol. The van der Waals surface area contributed by atoms with Crippen molar-refractivity contribution in [2.45, 2.75) is 13.8 Å². The highest BCUT2D eigenvalue weighted by Crippen LogP contribution is 2.22. The van der Waals surface area contributed by atoms with E-state index in [0.717, 1.165) is 21.8 Å². The average molecular weight is 324 g/mol. The summed E-state index contributed by atoms with van der Waals surface area (Å²) in [5.74, 6) is -0.337. The minimum absolute atomic E-state index is 0.314. The first kappa shape index (κ1) is 15.2. The third-order valence-electron chi connectivity index (χ3n) is 3.39. The number of thiophene rings is 1. The standard InChI is InChI=1S/C17H16N4OS/c1-11-5-7-13(8-6-11)12(2)18-21-17(22)15-10-14(19-20-15)16-4-3-9-23-16/h3-10H,1-2H3,(H,19,20)(H,21,22)/b18-12+. The molecule has 0 fully saturated rings. The average Bonchev–Trinajstić information content (AvgIpc) is 3.23. The van der Waals surface area contributed by atoms with E-state index in [0.29, 0.717) is 5.69 Å². The lowest BCUT2D eigenvalue weighted by Gasteiger charge is -2.02. The van der Waals surface area contributed by atoms with E-state index in [4.69, 9.17) is 0 Å². The second kappa shape index (κ2) is 6.58. The van der Waals surface area contributed by atoms with Gasteiger partial charge in [0, 0.05) is 0 Å². The lowest BCUT2D eigenvalue weighted by molar-refractivity contribution is 0.0950. The molecule has 0 aliphatic heterocycles. The van der Waals surface area contributed by atoms with Gasteiger partial charge in [0.2, 0.25) is 0 Å². The van der Waals surface area contributed by atoms with Gasteiger partial charge in [-0.1, -0.05) is 35.9 Å². The molecule has 0 aliphatic rings. The van der Waals surface area contributed by atoms with Crippen molar-refractivity contribution >= 4 is 23.0 Å².